The number of amides is 1. The van der Waals surface area contributed by atoms with Gasteiger partial charge < -0.3 is 10.2 Å². The Labute approximate surface area is 175 Å². The number of benzene rings is 1. The summed E-state index contributed by atoms with van der Waals surface area (Å²) >= 11 is 0. The lowest BCUT2D eigenvalue weighted by Gasteiger charge is -2.28. The van der Waals surface area contributed by atoms with Crippen LogP contribution < -0.4 is 5.32 Å². The minimum Gasteiger partial charge on any atom is -0.328 e. The number of hydrogen-bond acceptors (Lipinski definition) is 5. The van der Waals surface area contributed by atoms with Crippen LogP contribution in [0.1, 0.15) is 39.2 Å². The molecule has 0 saturated carbocycles. The van der Waals surface area contributed by atoms with E-state index in [1.165, 1.54) is 11.1 Å². The summed E-state index contributed by atoms with van der Waals surface area (Å²) in [5, 5.41) is 7.97. The van der Waals surface area contributed by atoms with E-state index >= 15 is 0 Å². The van der Waals surface area contributed by atoms with Gasteiger partial charge in [0.15, 0.2) is 0 Å². The van der Waals surface area contributed by atoms with Gasteiger partial charge in [0.2, 0.25) is 5.82 Å². The third-order valence-corrected chi connectivity index (χ3v) is 6.14. The zero-order valence-electron chi connectivity index (χ0n) is 16.8. The molecule has 2 fully saturated rings. The summed E-state index contributed by atoms with van der Waals surface area (Å²) in [7, 11) is 0. The van der Waals surface area contributed by atoms with Crippen LogP contribution in [0.15, 0.2) is 30.3 Å². The number of carbonyl (C=O) groups is 1. The maximum absolute atomic E-state index is 13.5. The van der Waals surface area contributed by atoms with E-state index in [9.17, 15) is 4.79 Å². The lowest BCUT2D eigenvalue weighted by atomic mass is 9.87. The van der Waals surface area contributed by atoms with Gasteiger partial charge >= 0.3 is 0 Å². The molecule has 3 atom stereocenters. The van der Waals surface area contributed by atoms with Crippen LogP contribution in [0.4, 0.5) is 0 Å². The van der Waals surface area contributed by atoms with Crippen molar-refractivity contribution < 1.29 is 4.79 Å². The van der Waals surface area contributed by atoms with Gasteiger partial charge in [-0.2, -0.15) is 4.98 Å². The van der Waals surface area contributed by atoms with Gasteiger partial charge in [-0.25, -0.2) is 9.50 Å². The van der Waals surface area contributed by atoms with Crippen molar-refractivity contribution in [3.63, 3.8) is 0 Å². The molecule has 2 saturated heterocycles. The number of nitrogens with one attached hydrogen (secondary N) is 1. The molecule has 0 bridgehead atoms. The van der Waals surface area contributed by atoms with Gasteiger partial charge in [-0.15, -0.1) is 17.5 Å². The number of fused-ring (bicyclic) bond motifs is 2. The first-order valence-electron chi connectivity index (χ1n) is 9.81. The van der Waals surface area contributed by atoms with Crippen molar-refractivity contribution in [2.75, 3.05) is 19.6 Å². The van der Waals surface area contributed by atoms with E-state index in [1.807, 2.05) is 30.9 Å². The quantitative estimate of drug-likeness (QED) is 0.700. The molecule has 0 radical (unpaired) electrons. The highest BCUT2D eigenvalue weighted by atomic mass is 35.5. The minimum atomic E-state index is -0.106. The normalized spacial score (nSPS) is 23.3. The predicted octanol–water partition coefficient (Wildman–Crippen LogP) is 2.50. The number of aryl methyl sites for hydroxylation is 3. The second kappa shape index (κ2) is 7.39. The molecule has 1 amide bonds. The summed E-state index contributed by atoms with van der Waals surface area (Å²) in [6.45, 7) is 8.61. The average Bonchev–Trinajstić information content (AvgIpc) is 3.35. The second-order valence-corrected chi connectivity index (χ2v) is 8.03. The van der Waals surface area contributed by atoms with Crippen molar-refractivity contribution >= 4 is 24.1 Å². The van der Waals surface area contributed by atoms with Gasteiger partial charge in [0.25, 0.3) is 11.7 Å². The van der Waals surface area contributed by atoms with Crippen LogP contribution >= 0.6 is 12.4 Å². The van der Waals surface area contributed by atoms with Gasteiger partial charge in [-0.1, -0.05) is 24.3 Å². The van der Waals surface area contributed by atoms with Crippen LogP contribution in [0, 0.1) is 32.6 Å². The SMILES string of the molecule is Cc1cc(C)n2nc(C(=O)N3C[C@@H]4CNC[C@@H]4[C@H]3c3ccccc3C)nc2n1.Cl. The third kappa shape index (κ3) is 3.18. The van der Waals surface area contributed by atoms with Crippen molar-refractivity contribution in [1.82, 2.24) is 29.8 Å². The minimum absolute atomic E-state index is 0. The third-order valence-electron chi connectivity index (χ3n) is 6.14. The van der Waals surface area contributed by atoms with Crippen molar-refractivity contribution in [2.45, 2.75) is 26.8 Å². The summed E-state index contributed by atoms with van der Waals surface area (Å²) in [5.41, 5.74) is 4.23. The fourth-order valence-electron chi connectivity index (χ4n) is 4.83. The standard InChI is InChI=1S/C21H24N6O.ClH/c1-12-6-4-5-7-16(12)18-17-10-22-9-15(17)11-26(18)20(28)19-24-21-23-13(2)8-14(3)27(21)25-19;/h4-8,15,17-18,22H,9-11H2,1-3H3;1H/t15-,17-,18+;/m0./s1. The summed E-state index contributed by atoms with van der Waals surface area (Å²) in [4.78, 5) is 24.3. The van der Waals surface area contributed by atoms with Gasteiger partial charge in [0.1, 0.15) is 0 Å². The highest BCUT2D eigenvalue weighted by Gasteiger charge is 2.47. The molecule has 3 aromatic rings. The molecule has 2 aliphatic rings. The van der Waals surface area contributed by atoms with Crippen LogP contribution in [0.5, 0.6) is 0 Å². The van der Waals surface area contributed by atoms with E-state index in [-0.39, 0.29) is 30.2 Å². The first-order valence-corrected chi connectivity index (χ1v) is 9.81. The maximum atomic E-state index is 13.5. The molecule has 1 aromatic carbocycles. The number of carbonyl (C=O) groups excluding carboxylic acids is 1. The highest BCUT2D eigenvalue weighted by Crippen LogP contribution is 2.44. The summed E-state index contributed by atoms with van der Waals surface area (Å²) in [5.74, 6) is 1.49. The van der Waals surface area contributed by atoms with E-state index in [4.69, 9.17) is 0 Å². The van der Waals surface area contributed by atoms with Gasteiger partial charge in [0, 0.05) is 36.9 Å². The summed E-state index contributed by atoms with van der Waals surface area (Å²) < 4.78 is 1.65. The maximum Gasteiger partial charge on any atom is 0.294 e. The van der Waals surface area contributed by atoms with Gasteiger partial charge in [-0.05, 0) is 43.9 Å². The molecular formula is C21H25ClN6O. The largest absolute Gasteiger partial charge is 0.328 e. The van der Waals surface area contributed by atoms with Crippen LogP contribution in [-0.2, 0) is 0 Å². The number of nitrogens with zero attached hydrogens (tertiary/aromatic N) is 5. The van der Waals surface area contributed by atoms with Crippen LogP contribution in [-0.4, -0.2) is 50.0 Å². The molecule has 0 unspecified atom stereocenters. The van der Waals surface area contributed by atoms with E-state index in [1.54, 1.807) is 4.52 Å². The molecule has 0 aliphatic carbocycles. The van der Waals surface area contributed by atoms with Crippen LogP contribution in [0.2, 0.25) is 0 Å². The Kier molecular flexibility index (Phi) is 5.04. The number of aromatic nitrogens is 4. The molecule has 4 heterocycles. The van der Waals surface area contributed by atoms with Crippen LogP contribution in [0.25, 0.3) is 5.78 Å². The van der Waals surface area contributed by atoms with Crippen molar-refractivity contribution in [1.29, 1.82) is 0 Å². The van der Waals surface area contributed by atoms with E-state index in [0.29, 0.717) is 17.6 Å². The Hall–Kier alpha value is -2.51. The van der Waals surface area contributed by atoms with Crippen molar-refractivity contribution in [3.05, 3.63) is 58.7 Å². The number of rotatable bonds is 2. The fraction of sp³-hybridized carbons (Fsp3) is 0.429. The lowest BCUT2D eigenvalue weighted by Crippen LogP contribution is -2.35. The van der Waals surface area contributed by atoms with E-state index in [2.05, 4.69) is 45.5 Å². The predicted molar refractivity (Wildman–Crippen MR) is 112 cm³/mol. The summed E-state index contributed by atoms with van der Waals surface area (Å²) in [6.07, 6.45) is 0. The molecule has 152 valence electrons. The van der Waals surface area contributed by atoms with E-state index < -0.39 is 0 Å². The zero-order chi connectivity index (χ0) is 19.4. The second-order valence-electron chi connectivity index (χ2n) is 8.03. The number of halogens is 1. The van der Waals surface area contributed by atoms with Gasteiger partial charge in [0.05, 0.1) is 6.04 Å². The average molecular weight is 413 g/mol. The zero-order valence-corrected chi connectivity index (χ0v) is 17.6. The Bertz CT molecular complexity index is 1080. The molecule has 2 aromatic heterocycles. The molecule has 8 heteroatoms. The fourth-order valence-corrected chi connectivity index (χ4v) is 4.83. The molecule has 5 rings (SSSR count). The monoisotopic (exact) mass is 412 g/mol. The molecule has 2 aliphatic heterocycles. The first kappa shape index (κ1) is 19.8. The Morgan fingerprint density at radius 3 is 2.72 bits per heavy atom. The molecular weight excluding hydrogens is 388 g/mol. The van der Waals surface area contributed by atoms with Crippen LogP contribution in [0.3, 0.4) is 0 Å². The molecule has 0 spiro atoms. The first-order chi connectivity index (χ1) is 13.5. The lowest BCUT2D eigenvalue weighted by molar-refractivity contribution is 0.0701. The molecule has 29 heavy (non-hydrogen) atoms. The van der Waals surface area contributed by atoms with E-state index in [0.717, 1.165) is 31.0 Å². The molecule has 1 N–H and O–H groups in total. The summed E-state index contributed by atoms with van der Waals surface area (Å²) in [6, 6.07) is 10.4. The Balaban J connectivity index is 0.00000205. The topological polar surface area (TPSA) is 75.4 Å². The Morgan fingerprint density at radius 2 is 1.93 bits per heavy atom. The molecule has 7 nitrogen and oxygen atoms in total. The Morgan fingerprint density at radius 1 is 1.14 bits per heavy atom. The highest BCUT2D eigenvalue weighted by molar-refractivity contribution is 5.91. The number of likely N-dealkylation sites (tertiary alicyclic amines) is 1. The van der Waals surface area contributed by atoms with Gasteiger partial charge in [-0.3, -0.25) is 4.79 Å². The number of hydrogen-bond donors (Lipinski definition) is 1. The van der Waals surface area contributed by atoms with Crippen molar-refractivity contribution in [2.24, 2.45) is 11.8 Å². The van der Waals surface area contributed by atoms with Crippen molar-refractivity contribution in [3.8, 4) is 0 Å². The smallest absolute Gasteiger partial charge is 0.294 e.